The van der Waals surface area contributed by atoms with Crippen LogP contribution in [0.4, 0.5) is 0 Å². The minimum absolute atomic E-state index is 0.656. The number of nitriles is 1. The molecule has 1 aliphatic heterocycles. The lowest BCUT2D eigenvalue weighted by molar-refractivity contribution is 0.354. The van der Waals surface area contributed by atoms with Gasteiger partial charge in [-0.1, -0.05) is 11.3 Å². The fraction of sp³-hybridized carbons (Fsp3) is 0.286. The van der Waals surface area contributed by atoms with Gasteiger partial charge in [0, 0.05) is 12.1 Å². The van der Waals surface area contributed by atoms with Crippen LogP contribution in [0.1, 0.15) is 10.4 Å². The third-order valence-electron chi connectivity index (χ3n) is 3.47. The molecule has 0 saturated heterocycles. The molecule has 4 nitrogen and oxygen atoms in total. The third-order valence-corrected chi connectivity index (χ3v) is 4.82. The zero-order chi connectivity index (χ0) is 14.3. The van der Waals surface area contributed by atoms with Crippen LogP contribution in [0.5, 0.6) is 11.5 Å². The van der Waals surface area contributed by atoms with Gasteiger partial charge in [0.1, 0.15) is 10.9 Å². The quantitative estimate of drug-likeness (QED) is 0.798. The summed E-state index contributed by atoms with van der Waals surface area (Å²) in [6.45, 7) is 0.800. The third kappa shape index (κ3) is 1.82. The molecule has 0 N–H and O–H groups in total. The summed E-state index contributed by atoms with van der Waals surface area (Å²) in [7, 11) is 3.23. The Morgan fingerprint density at radius 3 is 2.65 bits per heavy atom. The maximum absolute atomic E-state index is 9.30. The summed E-state index contributed by atoms with van der Waals surface area (Å²) in [5.74, 6) is 1.38. The standard InChI is InChI=1S/C14H12N2O2S2/c1-17-10-5-8-3-4-16-13(9(8)6-11(10)18-2)12(7-15)20-14(16)19/h5-6H,3-4H2,1-2H3. The van der Waals surface area contributed by atoms with Crippen molar-refractivity contribution in [2.45, 2.75) is 13.0 Å². The summed E-state index contributed by atoms with van der Waals surface area (Å²) in [5, 5.41) is 9.30. The Kier molecular flexibility index (Phi) is 3.24. The van der Waals surface area contributed by atoms with Crippen molar-refractivity contribution in [3.63, 3.8) is 0 Å². The second kappa shape index (κ2) is 4.93. The van der Waals surface area contributed by atoms with E-state index in [-0.39, 0.29) is 0 Å². The lowest BCUT2D eigenvalue weighted by Gasteiger charge is -2.21. The van der Waals surface area contributed by atoms with Gasteiger partial charge in [-0.3, -0.25) is 0 Å². The van der Waals surface area contributed by atoms with Crippen molar-refractivity contribution < 1.29 is 9.47 Å². The van der Waals surface area contributed by atoms with Crippen molar-refractivity contribution in [2.75, 3.05) is 14.2 Å². The molecule has 0 radical (unpaired) electrons. The van der Waals surface area contributed by atoms with E-state index < -0.39 is 0 Å². The lowest BCUT2D eigenvalue weighted by Crippen LogP contribution is -2.11. The van der Waals surface area contributed by atoms with Gasteiger partial charge in [-0.15, -0.1) is 0 Å². The highest BCUT2D eigenvalue weighted by Gasteiger charge is 2.24. The van der Waals surface area contributed by atoms with E-state index in [2.05, 4.69) is 6.07 Å². The van der Waals surface area contributed by atoms with Gasteiger partial charge in [0.2, 0.25) is 0 Å². The highest BCUT2D eigenvalue weighted by atomic mass is 32.1. The minimum atomic E-state index is 0.656. The number of fused-ring (bicyclic) bond motifs is 3. The van der Waals surface area contributed by atoms with Crippen LogP contribution >= 0.6 is 23.6 Å². The number of benzene rings is 1. The summed E-state index contributed by atoms with van der Waals surface area (Å²) in [4.78, 5) is 0.656. The molecule has 0 amide bonds. The van der Waals surface area contributed by atoms with E-state index >= 15 is 0 Å². The average Bonchev–Trinajstić information content (AvgIpc) is 2.82. The van der Waals surface area contributed by atoms with Crippen LogP contribution in [0.3, 0.4) is 0 Å². The van der Waals surface area contributed by atoms with Crippen molar-refractivity contribution >= 4 is 23.6 Å². The van der Waals surface area contributed by atoms with E-state index in [1.54, 1.807) is 14.2 Å². The van der Waals surface area contributed by atoms with Crippen LogP contribution in [0.25, 0.3) is 11.3 Å². The molecule has 0 saturated carbocycles. The van der Waals surface area contributed by atoms with Gasteiger partial charge in [-0.25, -0.2) is 0 Å². The number of hydrogen-bond donors (Lipinski definition) is 0. The molecule has 0 spiro atoms. The van der Waals surface area contributed by atoms with Gasteiger partial charge in [0.05, 0.1) is 19.9 Å². The van der Waals surface area contributed by atoms with Crippen LogP contribution in [-0.2, 0) is 13.0 Å². The summed E-state index contributed by atoms with van der Waals surface area (Å²) >= 11 is 6.70. The van der Waals surface area contributed by atoms with Crippen LogP contribution < -0.4 is 9.47 Å². The number of thiazole rings is 1. The van der Waals surface area contributed by atoms with E-state index in [1.165, 1.54) is 11.3 Å². The number of methoxy groups -OCH3 is 2. The monoisotopic (exact) mass is 304 g/mol. The van der Waals surface area contributed by atoms with Gasteiger partial charge in [-0.05, 0) is 36.3 Å². The maximum Gasteiger partial charge on any atom is 0.162 e. The number of rotatable bonds is 2. The Hall–Kier alpha value is -1.84. The molecule has 0 atom stereocenters. The maximum atomic E-state index is 9.30. The van der Waals surface area contributed by atoms with Crippen LogP contribution in [0.15, 0.2) is 12.1 Å². The molecular weight excluding hydrogens is 292 g/mol. The van der Waals surface area contributed by atoms with Crippen molar-refractivity contribution in [2.24, 2.45) is 0 Å². The van der Waals surface area contributed by atoms with E-state index in [0.29, 0.717) is 16.4 Å². The average molecular weight is 304 g/mol. The van der Waals surface area contributed by atoms with Gasteiger partial charge >= 0.3 is 0 Å². The van der Waals surface area contributed by atoms with Crippen molar-refractivity contribution in [3.8, 4) is 28.8 Å². The topological polar surface area (TPSA) is 47.2 Å². The molecule has 1 aromatic heterocycles. The molecule has 6 heteroatoms. The predicted octanol–water partition coefficient (Wildman–Crippen LogP) is 3.39. The van der Waals surface area contributed by atoms with Gasteiger partial charge in [-0.2, -0.15) is 5.26 Å². The fourth-order valence-electron chi connectivity index (χ4n) is 2.53. The van der Waals surface area contributed by atoms with Gasteiger partial charge in [0.25, 0.3) is 0 Å². The summed E-state index contributed by atoms with van der Waals surface area (Å²) < 4.78 is 13.5. The first-order chi connectivity index (χ1) is 9.69. The summed E-state index contributed by atoms with van der Waals surface area (Å²) in [6.07, 6.45) is 0.874. The molecule has 20 heavy (non-hydrogen) atoms. The Balaban J connectivity index is 2.31. The van der Waals surface area contributed by atoms with E-state index in [9.17, 15) is 5.26 Å². The first kappa shape index (κ1) is 13.2. The Morgan fingerprint density at radius 2 is 2.00 bits per heavy atom. The molecular formula is C14H12N2O2S2. The van der Waals surface area contributed by atoms with E-state index in [0.717, 1.165) is 33.7 Å². The number of aromatic nitrogens is 1. The molecule has 2 aromatic rings. The van der Waals surface area contributed by atoms with Crippen molar-refractivity contribution in [1.29, 1.82) is 5.26 Å². The molecule has 0 unspecified atom stereocenters. The number of nitrogens with zero attached hydrogens (tertiary/aromatic N) is 2. The van der Waals surface area contributed by atoms with Crippen molar-refractivity contribution in [3.05, 3.63) is 26.5 Å². The van der Waals surface area contributed by atoms with Crippen LogP contribution in [0.2, 0.25) is 0 Å². The molecule has 0 aliphatic carbocycles. The first-order valence-electron chi connectivity index (χ1n) is 6.08. The van der Waals surface area contributed by atoms with Gasteiger partial charge < -0.3 is 14.0 Å². The fourth-order valence-corrected chi connectivity index (χ4v) is 3.79. The normalized spacial score (nSPS) is 12.2. The van der Waals surface area contributed by atoms with Crippen LogP contribution in [0, 0.1) is 15.3 Å². The second-order valence-corrected chi connectivity index (χ2v) is 6.07. The zero-order valence-corrected chi connectivity index (χ0v) is 12.7. The molecule has 102 valence electrons. The predicted molar refractivity (Wildman–Crippen MR) is 80.1 cm³/mol. The Bertz CT molecular complexity index is 784. The Labute approximate surface area is 125 Å². The molecule has 2 heterocycles. The van der Waals surface area contributed by atoms with Crippen LogP contribution in [-0.4, -0.2) is 18.8 Å². The van der Waals surface area contributed by atoms with Gasteiger partial charge in [0.15, 0.2) is 15.5 Å². The first-order valence-corrected chi connectivity index (χ1v) is 7.31. The molecule has 1 aromatic carbocycles. The highest BCUT2D eigenvalue weighted by Crippen LogP contribution is 2.41. The highest BCUT2D eigenvalue weighted by molar-refractivity contribution is 7.73. The second-order valence-electron chi connectivity index (χ2n) is 4.42. The Morgan fingerprint density at radius 1 is 1.30 bits per heavy atom. The minimum Gasteiger partial charge on any atom is -0.493 e. The number of ether oxygens (including phenoxy) is 2. The zero-order valence-electron chi connectivity index (χ0n) is 11.1. The SMILES string of the molecule is COc1cc2c(cc1OC)-c1c(C#N)sc(=S)n1CC2. The molecule has 0 fully saturated rings. The summed E-state index contributed by atoms with van der Waals surface area (Å²) in [5.41, 5.74) is 3.08. The van der Waals surface area contributed by atoms with Crippen molar-refractivity contribution in [1.82, 2.24) is 4.57 Å². The van der Waals surface area contributed by atoms with E-state index in [1.807, 2.05) is 16.7 Å². The molecule has 3 rings (SSSR count). The lowest BCUT2D eigenvalue weighted by atomic mass is 9.97. The largest absolute Gasteiger partial charge is 0.493 e. The number of aryl methyl sites for hydroxylation is 1. The summed E-state index contributed by atoms with van der Waals surface area (Å²) in [6, 6.07) is 6.16. The molecule has 0 bridgehead atoms. The number of hydrogen-bond acceptors (Lipinski definition) is 5. The smallest absolute Gasteiger partial charge is 0.162 e. The molecule has 1 aliphatic rings. The van der Waals surface area contributed by atoms with E-state index in [4.69, 9.17) is 21.7 Å².